The van der Waals surface area contributed by atoms with E-state index >= 15 is 0 Å². The molecule has 0 aliphatic carbocycles. The third kappa shape index (κ3) is 4.84. The molecule has 2 aromatic heterocycles. The third-order valence-corrected chi connectivity index (χ3v) is 6.33. The maximum Gasteiger partial charge on any atom is 0.295 e. The Morgan fingerprint density at radius 2 is 1.97 bits per heavy atom. The summed E-state index contributed by atoms with van der Waals surface area (Å²) in [5.41, 5.74) is 4.23. The number of hydrogen-bond donors (Lipinski definition) is 1. The van der Waals surface area contributed by atoms with Gasteiger partial charge in [-0.2, -0.15) is 0 Å². The molecule has 0 fully saturated rings. The van der Waals surface area contributed by atoms with Gasteiger partial charge in [-0.3, -0.25) is 19.4 Å². The summed E-state index contributed by atoms with van der Waals surface area (Å²) < 4.78 is 0. The molecule has 0 saturated carbocycles. The van der Waals surface area contributed by atoms with Gasteiger partial charge in [0.05, 0.1) is 0 Å². The Labute approximate surface area is 190 Å². The van der Waals surface area contributed by atoms with Gasteiger partial charge in [-0.15, -0.1) is 11.3 Å². The molecule has 1 aliphatic rings. The van der Waals surface area contributed by atoms with E-state index in [1.807, 2.05) is 30.5 Å². The molecule has 32 heavy (non-hydrogen) atoms. The van der Waals surface area contributed by atoms with Crippen molar-refractivity contribution in [2.45, 2.75) is 26.4 Å². The lowest BCUT2D eigenvalue weighted by Gasteiger charge is -2.30. The highest BCUT2D eigenvalue weighted by Gasteiger charge is 2.28. The summed E-state index contributed by atoms with van der Waals surface area (Å²) in [6.07, 6.45) is 5.69. The number of benzene rings is 1. The number of Topliss-reactive ketones (excluding diaryl/α,β-unsaturated/α-hetero) is 1. The zero-order chi connectivity index (χ0) is 22.5. The Morgan fingerprint density at radius 1 is 1.16 bits per heavy atom. The molecule has 3 aromatic rings. The lowest BCUT2D eigenvalue weighted by Crippen LogP contribution is -2.40. The highest BCUT2D eigenvalue weighted by molar-refractivity contribution is 7.10. The molecule has 4 rings (SSSR count). The number of hydrogen-bond acceptors (Lipinski definition) is 5. The van der Waals surface area contributed by atoms with Crippen molar-refractivity contribution in [3.8, 4) is 0 Å². The minimum absolute atomic E-state index is 0.170. The van der Waals surface area contributed by atoms with E-state index in [9.17, 15) is 14.4 Å². The van der Waals surface area contributed by atoms with Gasteiger partial charge in [0.2, 0.25) is 11.7 Å². The second-order valence-corrected chi connectivity index (χ2v) is 8.54. The minimum Gasteiger partial charge on any atom is -0.348 e. The summed E-state index contributed by atoms with van der Waals surface area (Å²) in [6.45, 7) is 3.07. The monoisotopic (exact) mass is 445 g/mol. The Balaban J connectivity index is 1.44. The van der Waals surface area contributed by atoms with Gasteiger partial charge in [-0.25, -0.2) is 0 Å². The second kappa shape index (κ2) is 9.70. The summed E-state index contributed by atoms with van der Waals surface area (Å²) in [7, 11) is 0. The highest BCUT2D eigenvalue weighted by Crippen LogP contribution is 2.24. The van der Waals surface area contributed by atoms with Crippen molar-refractivity contribution >= 4 is 35.0 Å². The van der Waals surface area contributed by atoms with Crippen molar-refractivity contribution in [1.82, 2.24) is 15.2 Å². The predicted molar refractivity (Wildman–Crippen MR) is 124 cm³/mol. The summed E-state index contributed by atoms with van der Waals surface area (Å²) >= 11 is 1.57. The maximum atomic E-state index is 12.7. The number of carbonyl (C=O) groups is 3. The number of nitrogens with zero attached hydrogens (tertiary/aromatic N) is 2. The van der Waals surface area contributed by atoms with E-state index in [-0.39, 0.29) is 5.91 Å². The smallest absolute Gasteiger partial charge is 0.295 e. The molecule has 7 heteroatoms. The largest absolute Gasteiger partial charge is 0.348 e. The molecule has 1 aromatic carbocycles. The Hall–Kier alpha value is -3.58. The molecule has 0 spiro atoms. The van der Waals surface area contributed by atoms with Crippen LogP contribution >= 0.6 is 11.3 Å². The van der Waals surface area contributed by atoms with E-state index in [0.717, 1.165) is 27.3 Å². The molecule has 0 unspecified atom stereocenters. The van der Waals surface area contributed by atoms with Crippen molar-refractivity contribution in [1.29, 1.82) is 0 Å². The standard InChI is InChI=1S/C25H23N3O3S/c1-17-22(15-27-23(29)10-9-20-8-5-13-32-20)21-11-12-28(16-19(21)14-26-17)25(31)24(30)18-6-3-2-4-7-18/h2-10,13-14H,11-12,15-16H2,1H3,(H,27,29)/b10-9+. The second-order valence-electron chi connectivity index (χ2n) is 7.56. The van der Waals surface area contributed by atoms with E-state index in [1.54, 1.807) is 52.8 Å². The zero-order valence-electron chi connectivity index (χ0n) is 17.7. The lowest BCUT2D eigenvalue weighted by atomic mass is 9.94. The van der Waals surface area contributed by atoms with Crippen LogP contribution in [-0.2, 0) is 29.1 Å². The fourth-order valence-corrected chi connectivity index (χ4v) is 4.38. The van der Waals surface area contributed by atoms with Crippen LogP contribution in [0.4, 0.5) is 0 Å². The van der Waals surface area contributed by atoms with Crippen molar-refractivity contribution in [3.05, 3.63) is 92.9 Å². The molecule has 0 atom stereocenters. The Morgan fingerprint density at radius 3 is 2.72 bits per heavy atom. The minimum atomic E-state index is -0.504. The molecule has 3 heterocycles. The summed E-state index contributed by atoms with van der Waals surface area (Å²) in [5.74, 6) is -1.17. The van der Waals surface area contributed by atoms with Crippen molar-refractivity contribution in [2.75, 3.05) is 6.54 Å². The van der Waals surface area contributed by atoms with Crippen LogP contribution in [0.3, 0.4) is 0 Å². The first-order valence-corrected chi connectivity index (χ1v) is 11.2. The maximum absolute atomic E-state index is 12.7. The van der Waals surface area contributed by atoms with Gasteiger partial charge in [0, 0.05) is 48.0 Å². The molecule has 162 valence electrons. The first-order chi connectivity index (χ1) is 15.5. The number of aromatic nitrogens is 1. The van der Waals surface area contributed by atoms with E-state index < -0.39 is 11.7 Å². The average molecular weight is 446 g/mol. The number of carbonyl (C=O) groups excluding carboxylic acids is 3. The van der Waals surface area contributed by atoms with Crippen LogP contribution in [0.1, 0.15) is 37.6 Å². The molecule has 0 saturated heterocycles. The number of rotatable bonds is 6. The average Bonchev–Trinajstić information content (AvgIpc) is 3.35. The van der Waals surface area contributed by atoms with E-state index in [2.05, 4.69) is 10.3 Å². The van der Waals surface area contributed by atoms with Crippen LogP contribution in [-0.4, -0.2) is 34.0 Å². The lowest BCUT2D eigenvalue weighted by molar-refractivity contribution is -0.127. The normalized spacial score (nSPS) is 13.1. The summed E-state index contributed by atoms with van der Waals surface area (Å²) in [6, 6.07) is 12.5. The third-order valence-electron chi connectivity index (χ3n) is 5.49. The van der Waals surface area contributed by atoms with Crippen LogP contribution in [0.15, 0.2) is 60.1 Å². The molecular weight excluding hydrogens is 422 g/mol. The Bertz CT molecular complexity index is 1170. The number of ketones is 1. The van der Waals surface area contributed by atoms with Crippen LogP contribution < -0.4 is 5.32 Å². The molecular formula is C25H23N3O3S. The van der Waals surface area contributed by atoms with Gasteiger partial charge in [-0.1, -0.05) is 36.4 Å². The SMILES string of the molecule is Cc1ncc2c(c1CNC(=O)/C=C/c1cccs1)CCN(C(=O)C(=O)c1ccccc1)C2. The van der Waals surface area contributed by atoms with Crippen LogP contribution in [0.2, 0.25) is 0 Å². The highest BCUT2D eigenvalue weighted by atomic mass is 32.1. The van der Waals surface area contributed by atoms with Crippen LogP contribution in [0.25, 0.3) is 6.08 Å². The fourth-order valence-electron chi connectivity index (χ4n) is 3.76. The molecule has 1 aliphatic heterocycles. The quantitative estimate of drug-likeness (QED) is 0.358. The van der Waals surface area contributed by atoms with Gasteiger partial charge in [0.15, 0.2) is 0 Å². The van der Waals surface area contributed by atoms with Gasteiger partial charge >= 0.3 is 0 Å². The van der Waals surface area contributed by atoms with E-state index in [1.165, 1.54) is 6.08 Å². The summed E-state index contributed by atoms with van der Waals surface area (Å²) in [5, 5.41) is 4.89. The fraction of sp³-hybridized carbons (Fsp3) is 0.200. The van der Waals surface area contributed by atoms with E-state index in [0.29, 0.717) is 31.6 Å². The molecule has 6 nitrogen and oxygen atoms in total. The first-order valence-electron chi connectivity index (χ1n) is 10.4. The first kappa shape index (κ1) is 21.6. The van der Waals surface area contributed by atoms with Crippen molar-refractivity contribution < 1.29 is 14.4 Å². The van der Waals surface area contributed by atoms with Crippen molar-refractivity contribution in [3.63, 3.8) is 0 Å². The Kier molecular flexibility index (Phi) is 6.56. The topological polar surface area (TPSA) is 79.4 Å². The number of amides is 2. The van der Waals surface area contributed by atoms with Gasteiger partial charge in [0.1, 0.15) is 0 Å². The van der Waals surface area contributed by atoms with Gasteiger partial charge in [0.25, 0.3) is 5.91 Å². The molecule has 0 radical (unpaired) electrons. The summed E-state index contributed by atoms with van der Waals surface area (Å²) in [4.78, 5) is 44.6. The number of aryl methyl sites for hydroxylation is 1. The number of nitrogens with one attached hydrogen (secondary N) is 1. The number of pyridine rings is 1. The van der Waals surface area contributed by atoms with Gasteiger partial charge in [-0.05, 0) is 47.6 Å². The molecule has 2 amide bonds. The van der Waals surface area contributed by atoms with Crippen LogP contribution in [0.5, 0.6) is 0 Å². The van der Waals surface area contributed by atoms with Crippen molar-refractivity contribution in [2.24, 2.45) is 0 Å². The number of fused-ring (bicyclic) bond motifs is 1. The zero-order valence-corrected chi connectivity index (χ0v) is 18.5. The number of thiophene rings is 1. The predicted octanol–water partition coefficient (Wildman–Crippen LogP) is 3.55. The van der Waals surface area contributed by atoms with E-state index in [4.69, 9.17) is 0 Å². The molecule has 0 bridgehead atoms. The van der Waals surface area contributed by atoms with Gasteiger partial charge < -0.3 is 10.2 Å². The molecule has 1 N–H and O–H groups in total. The van der Waals surface area contributed by atoms with Crippen LogP contribution in [0, 0.1) is 6.92 Å².